The van der Waals surface area contributed by atoms with Gasteiger partial charge in [-0.15, -0.1) is 0 Å². The van der Waals surface area contributed by atoms with E-state index in [1.807, 2.05) is 6.07 Å². The molecule has 25 heavy (non-hydrogen) atoms. The number of aryl methyl sites for hydroxylation is 1. The zero-order valence-electron chi connectivity index (χ0n) is 13.6. The number of nitrogens with one attached hydrogen (secondary N) is 1. The quantitative estimate of drug-likeness (QED) is 0.806. The molecule has 0 saturated carbocycles. The minimum Gasteiger partial charge on any atom is -0.508 e. The third kappa shape index (κ3) is 4.00. The van der Waals surface area contributed by atoms with E-state index in [2.05, 4.69) is 5.32 Å². The number of carbonyl (C=O) groups is 2. The van der Waals surface area contributed by atoms with Crippen molar-refractivity contribution in [3.05, 3.63) is 53.1 Å². The summed E-state index contributed by atoms with van der Waals surface area (Å²) in [5.41, 5.74) is 1.68. The Bertz CT molecular complexity index is 817. The van der Waals surface area contributed by atoms with Crippen molar-refractivity contribution < 1.29 is 28.9 Å². The summed E-state index contributed by atoms with van der Waals surface area (Å²) in [6.07, 6.45) is 0. The third-order valence-corrected chi connectivity index (χ3v) is 3.71. The fourth-order valence-corrected chi connectivity index (χ4v) is 2.25. The minimum atomic E-state index is -0.673. The number of amides is 1. The van der Waals surface area contributed by atoms with E-state index in [1.165, 1.54) is 12.1 Å². The van der Waals surface area contributed by atoms with Crippen molar-refractivity contribution >= 4 is 11.9 Å². The number of rotatable bonds is 5. The Balaban J connectivity index is 1.47. The van der Waals surface area contributed by atoms with Crippen LogP contribution < -0.4 is 14.8 Å². The lowest BCUT2D eigenvalue weighted by Crippen LogP contribution is -2.28. The Morgan fingerprint density at radius 3 is 2.76 bits per heavy atom. The summed E-state index contributed by atoms with van der Waals surface area (Å²) in [4.78, 5) is 23.7. The lowest BCUT2D eigenvalue weighted by atomic mass is 10.1. The molecule has 0 atom stereocenters. The van der Waals surface area contributed by atoms with E-state index in [0.717, 1.165) is 5.56 Å². The number of phenols is 1. The Hall–Kier alpha value is -3.22. The molecule has 0 unspecified atom stereocenters. The Kier molecular flexibility index (Phi) is 4.74. The van der Waals surface area contributed by atoms with Gasteiger partial charge in [0.1, 0.15) is 5.75 Å². The Labute approximate surface area is 144 Å². The average molecular weight is 343 g/mol. The van der Waals surface area contributed by atoms with Crippen molar-refractivity contribution in [2.75, 3.05) is 13.4 Å². The van der Waals surface area contributed by atoms with Gasteiger partial charge in [0.2, 0.25) is 6.79 Å². The van der Waals surface area contributed by atoms with Crippen molar-refractivity contribution in [2.24, 2.45) is 0 Å². The molecule has 0 aromatic heterocycles. The predicted octanol–water partition coefficient (Wildman–Crippen LogP) is 1.90. The van der Waals surface area contributed by atoms with Crippen LogP contribution in [0.25, 0.3) is 0 Å². The first-order valence-corrected chi connectivity index (χ1v) is 7.65. The zero-order valence-corrected chi connectivity index (χ0v) is 13.6. The van der Waals surface area contributed by atoms with E-state index < -0.39 is 18.5 Å². The number of fused-ring (bicyclic) bond motifs is 1. The molecule has 1 aliphatic rings. The van der Waals surface area contributed by atoms with E-state index in [-0.39, 0.29) is 24.7 Å². The summed E-state index contributed by atoms with van der Waals surface area (Å²) in [6.45, 7) is 1.78. The van der Waals surface area contributed by atoms with Crippen LogP contribution in [0.1, 0.15) is 21.5 Å². The summed E-state index contributed by atoms with van der Waals surface area (Å²) in [6, 6.07) is 9.81. The van der Waals surface area contributed by atoms with Crippen LogP contribution in [-0.4, -0.2) is 30.4 Å². The number of hydrogen-bond acceptors (Lipinski definition) is 6. The molecule has 0 spiro atoms. The van der Waals surface area contributed by atoms with Crippen LogP contribution in [0.4, 0.5) is 0 Å². The van der Waals surface area contributed by atoms with Gasteiger partial charge < -0.3 is 24.6 Å². The van der Waals surface area contributed by atoms with E-state index >= 15 is 0 Å². The normalized spacial score (nSPS) is 11.9. The molecule has 0 aliphatic carbocycles. The van der Waals surface area contributed by atoms with Gasteiger partial charge in [-0.05, 0) is 42.3 Å². The maximum Gasteiger partial charge on any atom is 0.338 e. The number of ether oxygens (including phenoxy) is 3. The molecule has 3 rings (SSSR count). The second-order valence-corrected chi connectivity index (χ2v) is 5.54. The van der Waals surface area contributed by atoms with Gasteiger partial charge in [-0.2, -0.15) is 0 Å². The molecule has 2 aromatic carbocycles. The van der Waals surface area contributed by atoms with Gasteiger partial charge in [-0.3, -0.25) is 4.79 Å². The van der Waals surface area contributed by atoms with E-state index in [9.17, 15) is 14.7 Å². The van der Waals surface area contributed by atoms with Crippen molar-refractivity contribution in [3.8, 4) is 17.2 Å². The summed E-state index contributed by atoms with van der Waals surface area (Å²) < 4.78 is 15.4. The molecule has 2 N–H and O–H groups in total. The summed E-state index contributed by atoms with van der Waals surface area (Å²) in [5.74, 6) is 0.209. The summed E-state index contributed by atoms with van der Waals surface area (Å²) in [7, 11) is 0. The molecule has 130 valence electrons. The van der Waals surface area contributed by atoms with Crippen LogP contribution in [0.3, 0.4) is 0 Å². The SMILES string of the molecule is Cc1ccc(C(=O)OCC(=O)NCc2ccc3c(c2)OCO3)cc1O. The minimum absolute atomic E-state index is 0.00158. The highest BCUT2D eigenvalue weighted by Gasteiger charge is 2.14. The van der Waals surface area contributed by atoms with Gasteiger partial charge in [-0.25, -0.2) is 4.79 Å². The van der Waals surface area contributed by atoms with Crippen LogP contribution in [-0.2, 0) is 16.1 Å². The molecule has 7 heteroatoms. The fourth-order valence-electron chi connectivity index (χ4n) is 2.25. The monoisotopic (exact) mass is 343 g/mol. The van der Waals surface area contributed by atoms with E-state index in [0.29, 0.717) is 17.1 Å². The first-order chi connectivity index (χ1) is 12.0. The Morgan fingerprint density at radius 1 is 1.16 bits per heavy atom. The van der Waals surface area contributed by atoms with E-state index in [1.54, 1.807) is 25.1 Å². The standard InChI is InChI=1S/C18H17NO6/c1-11-2-4-13(7-14(11)20)18(22)23-9-17(21)19-8-12-3-5-15-16(6-12)25-10-24-15/h2-7,20H,8-10H2,1H3,(H,19,21). The zero-order chi connectivity index (χ0) is 17.8. The topological polar surface area (TPSA) is 94.1 Å². The van der Waals surface area contributed by atoms with Gasteiger partial charge in [-0.1, -0.05) is 12.1 Å². The highest BCUT2D eigenvalue weighted by molar-refractivity contribution is 5.91. The predicted molar refractivity (Wildman–Crippen MR) is 87.5 cm³/mol. The molecule has 1 heterocycles. The molecule has 7 nitrogen and oxygen atoms in total. The number of hydrogen-bond donors (Lipinski definition) is 2. The van der Waals surface area contributed by atoms with Crippen molar-refractivity contribution in [1.82, 2.24) is 5.32 Å². The second-order valence-electron chi connectivity index (χ2n) is 5.54. The smallest absolute Gasteiger partial charge is 0.338 e. The first kappa shape index (κ1) is 16.6. The molecule has 0 bridgehead atoms. The molecule has 1 aliphatic heterocycles. The lowest BCUT2D eigenvalue weighted by molar-refractivity contribution is -0.124. The fraction of sp³-hybridized carbons (Fsp3) is 0.222. The molecular formula is C18H17NO6. The van der Waals surface area contributed by atoms with Gasteiger partial charge in [0.05, 0.1) is 5.56 Å². The highest BCUT2D eigenvalue weighted by Crippen LogP contribution is 2.32. The number of esters is 1. The lowest BCUT2D eigenvalue weighted by Gasteiger charge is -2.08. The van der Waals surface area contributed by atoms with Crippen molar-refractivity contribution in [3.63, 3.8) is 0 Å². The largest absolute Gasteiger partial charge is 0.508 e. The third-order valence-electron chi connectivity index (χ3n) is 3.71. The Morgan fingerprint density at radius 2 is 1.96 bits per heavy atom. The van der Waals surface area contributed by atoms with Crippen LogP contribution in [0, 0.1) is 6.92 Å². The van der Waals surface area contributed by atoms with E-state index in [4.69, 9.17) is 14.2 Å². The van der Waals surface area contributed by atoms with Crippen LogP contribution in [0.15, 0.2) is 36.4 Å². The van der Waals surface area contributed by atoms with Crippen LogP contribution in [0.5, 0.6) is 17.2 Å². The van der Waals surface area contributed by atoms with Crippen molar-refractivity contribution in [2.45, 2.75) is 13.5 Å². The molecule has 0 radical (unpaired) electrons. The van der Waals surface area contributed by atoms with Crippen molar-refractivity contribution in [1.29, 1.82) is 0 Å². The number of carbonyl (C=O) groups excluding carboxylic acids is 2. The second kappa shape index (κ2) is 7.12. The average Bonchev–Trinajstić information content (AvgIpc) is 3.08. The summed E-state index contributed by atoms with van der Waals surface area (Å²) >= 11 is 0. The summed E-state index contributed by atoms with van der Waals surface area (Å²) in [5, 5.41) is 12.3. The van der Waals surface area contributed by atoms with Gasteiger partial charge in [0.25, 0.3) is 5.91 Å². The number of aromatic hydroxyl groups is 1. The molecule has 0 fully saturated rings. The molecule has 0 saturated heterocycles. The van der Waals surface area contributed by atoms with Crippen LogP contribution >= 0.6 is 0 Å². The van der Waals surface area contributed by atoms with Gasteiger partial charge in [0.15, 0.2) is 18.1 Å². The molecule has 2 aromatic rings. The maximum absolute atomic E-state index is 11.9. The van der Waals surface area contributed by atoms with Gasteiger partial charge in [0, 0.05) is 6.54 Å². The highest BCUT2D eigenvalue weighted by atomic mass is 16.7. The molecule has 1 amide bonds. The van der Waals surface area contributed by atoms with Gasteiger partial charge >= 0.3 is 5.97 Å². The van der Waals surface area contributed by atoms with Crippen LogP contribution in [0.2, 0.25) is 0 Å². The molecular weight excluding hydrogens is 326 g/mol. The number of benzene rings is 2. The first-order valence-electron chi connectivity index (χ1n) is 7.65. The number of phenolic OH excluding ortho intramolecular Hbond substituents is 1. The maximum atomic E-state index is 11.9.